The van der Waals surface area contributed by atoms with Crippen molar-refractivity contribution < 1.29 is 19.4 Å². The fraction of sp³-hybridized carbons (Fsp3) is 0.500. The Morgan fingerprint density at radius 2 is 2.39 bits per heavy atom. The van der Waals surface area contributed by atoms with Crippen LogP contribution in [0.5, 0.6) is 0 Å². The maximum absolute atomic E-state index is 11.8. The van der Waals surface area contributed by atoms with E-state index in [2.05, 4.69) is 10.4 Å². The van der Waals surface area contributed by atoms with Crippen LogP contribution in [0.3, 0.4) is 0 Å². The normalized spacial score (nSPS) is 22.9. The van der Waals surface area contributed by atoms with Crippen molar-refractivity contribution in [3.63, 3.8) is 0 Å². The molecule has 2 heterocycles. The summed E-state index contributed by atoms with van der Waals surface area (Å²) in [5.74, 6) is -1.62. The maximum atomic E-state index is 11.8. The monoisotopic (exact) mass is 254 g/mol. The third-order valence-electron chi connectivity index (χ3n) is 2.66. The molecule has 0 saturated carbocycles. The lowest BCUT2D eigenvalue weighted by Gasteiger charge is -2.11. The molecule has 1 fully saturated rings. The molecule has 18 heavy (non-hydrogen) atoms. The lowest BCUT2D eigenvalue weighted by Crippen LogP contribution is -2.37. The van der Waals surface area contributed by atoms with Gasteiger partial charge in [0.15, 0.2) is 0 Å². The molecule has 2 unspecified atom stereocenters. The van der Waals surface area contributed by atoms with Gasteiger partial charge in [0.2, 0.25) is 5.91 Å². The maximum Gasteiger partial charge on any atom is 0.325 e. The van der Waals surface area contributed by atoms with Gasteiger partial charge >= 0.3 is 5.97 Å². The minimum Gasteiger partial charge on any atom is -0.480 e. The molecule has 2 rings (SSSR count). The highest BCUT2D eigenvalue weighted by atomic mass is 16.5. The summed E-state index contributed by atoms with van der Waals surface area (Å²) in [6.07, 6.45) is 2.84. The van der Waals surface area contributed by atoms with Gasteiger partial charge in [0.1, 0.15) is 6.54 Å². The minimum absolute atomic E-state index is 0.241. The number of carboxylic acids is 1. The molecule has 98 valence electrons. The van der Waals surface area contributed by atoms with Gasteiger partial charge in [0, 0.05) is 12.2 Å². The molecule has 1 aliphatic rings. The van der Waals surface area contributed by atoms with Crippen LogP contribution in [-0.2, 0) is 20.9 Å². The first-order valence-corrected chi connectivity index (χ1v) is 5.44. The predicted molar refractivity (Wildman–Crippen MR) is 60.8 cm³/mol. The van der Waals surface area contributed by atoms with E-state index in [1.54, 1.807) is 0 Å². The Balaban J connectivity index is 1.94. The summed E-state index contributed by atoms with van der Waals surface area (Å²) in [4.78, 5) is 22.3. The Labute approximate surface area is 103 Å². The molecule has 1 amide bonds. The van der Waals surface area contributed by atoms with Crippen LogP contribution in [0.2, 0.25) is 0 Å². The van der Waals surface area contributed by atoms with Gasteiger partial charge in [-0.1, -0.05) is 0 Å². The Hall–Kier alpha value is -1.93. The Morgan fingerprint density at radius 3 is 3.00 bits per heavy atom. The molecule has 1 aliphatic heterocycles. The molecular weight excluding hydrogens is 240 g/mol. The van der Waals surface area contributed by atoms with Crippen molar-refractivity contribution in [3.8, 4) is 0 Å². The molecule has 8 nitrogen and oxygen atoms in total. The zero-order valence-corrected chi connectivity index (χ0v) is 9.57. The number of aliphatic carboxylic acids is 1. The molecule has 2 atom stereocenters. The number of nitrogens with zero attached hydrogens (tertiary/aromatic N) is 2. The number of rotatable bonds is 4. The number of ether oxygens (including phenoxy) is 1. The van der Waals surface area contributed by atoms with E-state index in [9.17, 15) is 9.59 Å². The van der Waals surface area contributed by atoms with Gasteiger partial charge < -0.3 is 20.9 Å². The van der Waals surface area contributed by atoms with Crippen molar-refractivity contribution in [2.45, 2.75) is 12.6 Å². The first-order chi connectivity index (χ1) is 8.56. The van der Waals surface area contributed by atoms with Gasteiger partial charge in [-0.05, 0) is 0 Å². The van der Waals surface area contributed by atoms with E-state index < -0.39 is 5.97 Å². The fourth-order valence-corrected chi connectivity index (χ4v) is 1.73. The molecule has 8 heteroatoms. The fourth-order valence-electron chi connectivity index (χ4n) is 1.73. The third kappa shape index (κ3) is 2.84. The number of hydrogen-bond acceptors (Lipinski definition) is 5. The van der Waals surface area contributed by atoms with Crippen LogP contribution in [0.1, 0.15) is 0 Å². The van der Waals surface area contributed by atoms with Gasteiger partial charge in [0.25, 0.3) is 0 Å². The molecule has 0 spiro atoms. The summed E-state index contributed by atoms with van der Waals surface area (Å²) < 4.78 is 6.33. The average molecular weight is 254 g/mol. The van der Waals surface area contributed by atoms with Crippen LogP contribution in [0, 0.1) is 5.92 Å². The topological polar surface area (TPSA) is 119 Å². The summed E-state index contributed by atoms with van der Waals surface area (Å²) in [7, 11) is 0. The minimum atomic E-state index is -0.998. The van der Waals surface area contributed by atoms with E-state index >= 15 is 0 Å². The van der Waals surface area contributed by atoms with Crippen LogP contribution < -0.4 is 11.1 Å². The SMILES string of the molecule is NC1COCC1C(=O)Nc1cnn(CC(=O)O)c1. The zero-order chi connectivity index (χ0) is 13.1. The molecule has 0 radical (unpaired) electrons. The Kier molecular flexibility index (Phi) is 3.58. The molecule has 1 aromatic rings. The van der Waals surface area contributed by atoms with Crippen molar-refractivity contribution in [2.75, 3.05) is 18.5 Å². The van der Waals surface area contributed by atoms with Crippen molar-refractivity contribution in [2.24, 2.45) is 11.7 Å². The second-order valence-corrected chi connectivity index (χ2v) is 4.12. The molecule has 0 bridgehead atoms. The number of carbonyl (C=O) groups is 2. The van der Waals surface area contributed by atoms with Crippen LogP contribution in [0.25, 0.3) is 0 Å². The van der Waals surface area contributed by atoms with Crippen LogP contribution in [0.4, 0.5) is 5.69 Å². The standard InChI is InChI=1S/C10H14N4O4/c11-8-5-18-4-7(8)10(17)13-6-1-12-14(2-6)3-9(15)16/h1-2,7-8H,3-5,11H2,(H,13,17)(H,15,16). The third-order valence-corrected chi connectivity index (χ3v) is 2.66. The Bertz CT molecular complexity index is 458. The summed E-state index contributed by atoms with van der Waals surface area (Å²) in [6.45, 7) is 0.425. The van der Waals surface area contributed by atoms with Gasteiger partial charge in [-0.25, -0.2) is 0 Å². The number of hydrogen-bond donors (Lipinski definition) is 3. The number of nitrogens with two attached hydrogens (primary N) is 1. The van der Waals surface area contributed by atoms with E-state index in [0.717, 1.165) is 0 Å². The lowest BCUT2D eigenvalue weighted by atomic mass is 10.0. The summed E-state index contributed by atoms with van der Waals surface area (Å²) >= 11 is 0. The largest absolute Gasteiger partial charge is 0.480 e. The highest BCUT2D eigenvalue weighted by Gasteiger charge is 2.31. The number of amides is 1. The molecular formula is C10H14N4O4. The van der Waals surface area contributed by atoms with E-state index in [4.69, 9.17) is 15.6 Å². The first-order valence-electron chi connectivity index (χ1n) is 5.44. The Morgan fingerprint density at radius 1 is 1.61 bits per heavy atom. The molecule has 0 aromatic carbocycles. The van der Waals surface area contributed by atoms with Crippen molar-refractivity contribution in [3.05, 3.63) is 12.4 Å². The summed E-state index contributed by atoms with van der Waals surface area (Å²) in [5, 5.41) is 15.0. The second kappa shape index (κ2) is 5.15. The number of carboxylic acid groups (broad SMARTS) is 1. The molecule has 4 N–H and O–H groups in total. The molecule has 1 saturated heterocycles. The lowest BCUT2D eigenvalue weighted by molar-refractivity contribution is -0.137. The quantitative estimate of drug-likeness (QED) is 0.626. The van der Waals surface area contributed by atoms with Gasteiger partial charge in [-0.15, -0.1) is 0 Å². The molecule has 0 aliphatic carbocycles. The van der Waals surface area contributed by atoms with E-state index in [0.29, 0.717) is 18.9 Å². The highest BCUT2D eigenvalue weighted by molar-refractivity contribution is 5.93. The second-order valence-electron chi connectivity index (χ2n) is 4.12. The predicted octanol–water partition coefficient (Wildman–Crippen LogP) is -1.12. The van der Waals surface area contributed by atoms with Crippen molar-refractivity contribution in [1.29, 1.82) is 0 Å². The number of nitrogens with one attached hydrogen (secondary N) is 1. The first kappa shape index (κ1) is 12.5. The van der Waals surface area contributed by atoms with E-state index in [-0.39, 0.29) is 24.4 Å². The average Bonchev–Trinajstić information content (AvgIpc) is 2.87. The van der Waals surface area contributed by atoms with Gasteiger partial charge in [0.05, 0.1) is 31.0 Å². The number of aromatic nitrogens is 2. The summed E-state index contributed by atoms with van der Waals surface area (Å²) in [6, 6.07) is -0.306. The van der Waals surface area contributed by atoms with Crippen molar-refractivity contribution in [1.82, 2.24) is 9.78 Å². The van der Waals surface area contributed by atoms with Crippen LogP contribution >= 0.6 is 0 Å². The van der Waals surface area contributed by atoms with E-state index in [1.807, 2.05) is 0 Å². The van der Waals surface area contributed by atoms with Gasteiger partial charge in [-0.3, -0.25) is 14.3 Å². The number of anilines is 1. The highest BCUT2D eigenvalue weighted by Crippen LogP contribution is 2.14. The zero-order valence-electron chi connectivity index (χ0n) is 9.57. The number of carbonyl (C=O) groups excluding carboxylic acids is 1. The van der Waals surface area contributed by atoms with Crippen LogP contribution in [0.15, 0.2) is 12.4 Å². The molecule has 1 aromatic heterocycles. The van der Waals surface area contributed by atoms with E-state index in [1.165, 1.54) is 17.1 Å². The van der Waals surface area contributed by atoms with Crippen LogP contribution in [-0.4, -0.2) is 46.0 Å². The summed E-state index contributed by atoms with van der Waals surface area (Å²) in [5.41, 5.74) is 6.17. The van der Waals surface area contributed by atoms with Gasteiger partial charge in [-0.2, -0.15) is 5.10 Å². The van der Waals surface area contributed by atoms with Crippen molar-refractivity contribution >= 4 is 17.6 Å². The smallest absolute Gasteiger partial charge is 0.325 e.